The molecule has 0 amide bonds. The average Bonchev–Trinajstić information content (AvgIpc) is 2.21. The summed E-state index contributed by atoms with van der Waals surface area (Å²) in [6.07, 6.45) is 1.25. The first kappa shape index (κ1) is 12.0. The van der Waals surface area contributed by atoms with Gasteiger partial charge >= 0.3 is 5.97 Å². The van der Waals surface area contributed by atoms with E-state index in [0.29, 0.717) is 10.5 Å². The molecule has 4 nitrogen and oxygen atoms in total. The number of rotatable bonds is 1. The van der Waals surface area contributed by atoms with Crippen molar-refractivity contribution in [1.29, 1.82) is 0 Å². The van der Waals surface area contributed by atoms with Gasteiger partial charge in [0.25, 0.3) is 0 Å². The number of carboxylic acid groups (broad SMARTS) is 1. The molecular weight excluding hydrogens is 265 g/mol. The normalized spacial score (nSPS) is 10.8. The molecule has 0 aliphatic rings. The number of halogens is 2. The van der Waals surface area contributed by atoms with E-state index >= 15 is 0 Å². The van der Waals surface area contributed by atoms with Gasteiger partial charge in [0.2, 0.25) is 5.43 Å². The van der Waals surface area contributed by atoms with Gasteiger partial charge in [-0.3, -0.25) is 4.79 Å². The number of fused-ring (bicyclic) bond motifs is 1. The molecule has 1 aromatic heterocycles. The van der Waals surface area contributed by atoms with Gasteiger partial charge in [-0.05, 0) is 12.1 Å². The molecule has 0 saturated carbocycles. The predicted octanol–water partition coefficient (Wildman–Crippen LogP) is 2.54. The Balaban J connectivity index is 3.05. The number of nitrogens with zero attached hydrogens (tertiary/aromatic N) is 1. The standard InChI is InChI=1S/C11H7Cl2NO3/c1-14-4-6(11(16)17)10(15)9-7(13)2-5(12)3-8(9)14/h2-4H,1H3,(H,16,17). The van der Waals surface area contributed by atoms with E-state index in [2.05, 4.69) is 0 Å². The minimum atomic E-state index is -1.28. The molecule has 0 spiro atoms. The summed E-state index contributed by atoms with van der Waals surface area (Å²) < 4.78 is 1.51. The summed E-state index contributed by atoms with van der Waals surface area (Å²) in [4.78, 5) is 22.8. The largest absolute Gasteiger partial charge is 0.477 e. The lowest BCUT2D eigenvalue weighted by molar-refractivity contribution is 0.0695. The van der Waals surface area contributed by atoms with E-state index < -0.39 is 11.4 Å². The van der Waals surface area contributed by atoms with Crippen LogP contribution in [0.5, 0.6) is 0 Å². The van der Waals surface area contributed by atoms with E-state index in [1.165, 1.54) is 16.8 Å². The first-order chi connectivity index (χ1) is 7.91. The third kappa shape index (κ3) is 1.90. The van der Waals surface area contributed by atoms with Crippen LogP contribution in [0.1, 0.15) is 10.4 Å². The van der Waals surface area contributed by atoms with E-state index in [0.717, 1.165) is 0 Å². The summed E-state index contributed by atoms with van der Waals surface area (Å²) in [5.74, 6) is -1.28. The minimum Gasteiger partial charge on any atom is -0.477 e. The van der Waals surface area contributed by atoms with Crippen molar-refractivity contribution in [3.05, 3.63) is 44.2 Å². The summed E-state index contributed by atoms with van der Waals surface area (Å²) in [5.41, 5.74) is -0.422. The molecule has 17 heavy (non-hydrogen) atoms. The molecule has 6 heteroatoms. The fourth-order valence-corrected chi connectivity index (χ4v) is 2.24. The Bertz CT molecular complexity index is 691. The molecule has 2 rings (SSSR count). The monoisotopic (exact) mass is 271 g/mol. The van der Waals surface area contributed by atoms with Crippen molar-refractivity contribution < 1.29 is 9.90 Å². The Hall–Kier alpha value is -1.52. The lowest BCUT2D eigenvalue weighted by Gasteiger charge is -2.08. The molecule has 1 N–H and O–H groups in total. The number of aromatic nitrogens is 1. The maximum Gasteiger partial charge on any atom is 0.341 e. The summed E-state index contributed by atoms with van der Waals surface area (Å²) in [7, 11) is 1.63. The van der Waals surface area contributed by atoms with Crippen molar-refractivity contribution in [1.82, 2.24) is 4.57 Å². The molecule has 0 radical (unpaired) electrons. The van der Waals surface area contributed by atoms with Crippen LogP contribution in [-0.4, -0.2) is 15.6 Å². The van der Waals surface area contributed by atoms with Crippen LogP contribution in [0.25, 0.3) is 10.9 Å². The number of benzene rings is 1. The lowest BCUT2D eigenvalue weighted by atomic mass is 10.1. The summed E-state index contributed by atoms with van der Waals surface area (Å²) in [6, 6.07) is 2.98. The molecule has 1 heterocycles. The second-order valence-corrected chi connectivity index (χ2v) is 4.41. The molecule has 2 aromatic rings. The summed E-state index contributed by atoms with van der Waals surface area (Å²) >= 11 is 11.8. The van der Waals surface area contributed by atoms with E-state index in [9.17, 15) is 9.59 Å². The zero-order chi connectivity index (χ0) is 12.7. The van der Waals surface area contributed by atoms with E-state index in [1.54, 1.807) is 13.1 Å². The number of aryl methyl sites for hydroxylation is 1. The third-order valence-electron chi connectivity index (χ3n) is 2.44. The van der Waals surface area contributed by atoms with Crippen molar-refractivity contribution in [3.63, 3.8) is 0 Å². The molecule has 0 aliphatic heterocycles. The molecule has 0 fully saturated rings. The summed E-state index contributed by atoms with van der Waals surface area (Å²) in [5, 5.41) is 9.62. The second-order valence-electron chi connectivity index (χ2n) is 3.57. The second kappa shape index (κ2) is 4.05. The Labute approximate surface area is 106 Å². The molecule has 0 saturated heterocycles. The van der Waals surface area contributed by atoms with Gasteiger partial charge in [-0.25, -0.2) is 4.79 Å². The maximum absolute atomic E-state index is 11.9. The van der Waals surface area contributed by atoms with Crippen LogP contribution < -0.4 is 5.43 Å². The smallest absolute Gasteiger partial charge is 0.341 e. The zero-order valence-corrected chi connectivity index (χ0v) is 10.2. The molecule has 0 aliphatic carbocycles. The highest BCUT2D eigenvalue weighted by Crippen LogP contribution is 2.25. The van der Waals surface area contributed by atoms with Gasteiger partial charge in [-0.1, -0.05) is 23.2 Å². The minimum absolute atomic E-state index is 0.149. The van der Waals surface area contributed by atoms with Gasteiger partial charge in [0.1, 0.15) is 5.56 Å². The Morgan fingerprint density at radius 2 is 2.00 bits per heavy atom. The van der Waals surface area contributed by atoms with Crippen LogP contribution in [0.2, 0.25) is 10.0 Å². The fraction of sp³-hybridized carbons (Fsp3) is 0.0909. The van der Waals surface area contributed by atoms with Gasteiger partial charge in [0.15, 0.2) is 0 Å². The number of hydrogen-bond donors (Lipinski definition) is 1. The molecule has 0 unspecified atom stereocenters. The van der Waals surface area contributed by atoms with E-state index in [4.69, 9.17) is 28.3 Å². The quantitative estimate of drug-likeness (QED) is 0.867. The highest BCUT2D eigenvalue weighted by Gasteiger charge is 2.15. The molecular formula is C11H7Cl2NO3. The first-order valence-electron chi connectivity index (χ1n) is 4.63. The molecule has 0 bridgehead atoms. The summed E-state index contributed by atoms with van der Waals surface area (Å²) in [6.45, 7) is 0. The Morgan fingerprint density at radius 1 is 1.35 bits per heavy atom. The van der Waals surface area contributed by atoms with Gasteiger partial charge < -0.3 is 9.67 Å². The highest BCUT2D eigenvalue weighted by atomic mass is 35.5. The third-order valence-corrected chi connectivity index (χ3v) is 2.96. The average molecular weight is 272 g/mol. The van der Waals surface area contributed by atoms with Crippen LogP contribution in [0, 0.1) is 0 Å². The first-order valence-corrected chi connectivity index (χ1v) is 5.39. The number of carboxylic acids is 1. The van der Waals surface area contributed by atoms with Crippen molar-refractivity contribution >= 4 is 40.1 Å². The maximum atomic E-state index is 11.9. The number of hydrogen-bond acceptors (Lipinski definition) is 2. The molecule has 88 valence electrons. The zero-order valence-electron chi connectivity index (χ0n) is 8.70. The van der Waals surface area contributed by atoms with Gasteiger partial charge in [0, 0.05) is 18.3 Å². The van der Waals surface area contributed by atoms with Crippen LogP contribution in [0.3, 0.4) is 0 Å². The molecule has 0 atom stereocenters. The van der Waals surface area contributed by atoms with Gasteiger partial charge in [-0.2, -0.15) is 0 Å². The van der Waals surface area contributed by atoms with Crippen molar-refractivity contribution in [2.75, 3.05) is 0 Å². The fourth-order valence-electron chi connectivity index (χ4n) is 1.67. The van der Waals surface area contributed by atoms with Crippen LogP contribution in [0.4, 0.5) is 0 Å². The van der Waals surface area contributed by atoms with Crippen molar-refractivity contribution in [2.24, 2.45) is 7.05 Å². The van der Waals surface area contributed by atoms with Crippen LogP contribution in [-0.2, 0) is 7.05 Å². The van der Waals surface area contributed by atoms with Gasteiger partial charge in [-0.15, -0.1) is 0 Å². The Morgan fingerprint density at radius 3 is 2.59 bits per heavy atom. The van der Waals surface area contributed by atoms with Crippen LogP contribution in [0.15, 0.2) is 23.1 Å². The van der Waals surface area contributed by atoms with Gasteiger partial charge in [0.05, 0.1) is 15.9 Å². The highest BCUT2D eigenvalue weighted by molar-refractivity contribution is 6.38. The lowest BCUT2D eigenvalue weighted by Crippen LogP contribution is -2.18. The number of pyridine rings is 1. The van der Waals surface area contributed by atoms with Crippen molar-refractivity contribution in [3.8, 4) is 0 Å². The number of aromatic carboxylic acids is 1. The SMILES string of the molecule is Cn1cc(C(=O)O)c(=O)c2c(Cl)cc(Cl)cc21. The van der Waals surface area contributed by atoms with E-state index in [1.807, 2.05) is 0 Å². The van der Waals surface area contributed by atoms with Crippen LogP contribution >= 0.6 is 23.2 Å². The van der Waals surface area contributed by atoms with Crippen molar-refractivity contribution in [2.45, 2.75) is 0 Å². The predicted molar refractivity (Wildman–Crippen MR) is 66.2 cm³/mol. The molecule has 1 aromatic carbocycles. The number of carbonyl (C=O) groups is 1. The topological polar surface area (TPSA) is 59.3 Å². The Kier molecular flexibility index (Phi) is 2.85. The van der Waals surface area contributed by atoms with E-state index in [-0.39, 0.29) is 16.0 Å².